The zero-order valence-electron chi connectivity index (χ0n) is 10.4. The molecule has 102 valence electrons. The van der Waals surface area contributed by atoms with E-state index in [1.165, 1.54) is 12.3 Å². The number of carbonyl (C=O) groups excluding carboxylic acids is 1. The molecular weight excluding hydrogens is 260 g/mol. The lowest BCUT2D eigenvalue weighted by Crippen LogP contribution is -2.12. The van der Waals surface area contributed by atoms with Crippen LogP contribution in [0.25, 0.3) is 0 Å². The lowest BCUT2D eigenvalue weighted by atomic mass is 10.1. The molecule has 0 bridgehead atoms. The van der Waals surface area contributed by atoms with Crippen LogP contribution in [-0.4, -0.2) is 22.0 Å². The Labute approximate surface area is 114 Å². The maximum absolute atomic E-state index is 11.2. The molecule has 6 heteroatoms. The fourth-order valence-electron chi connectivity index (χ4n) is 1.66. The minimum absolute atomic E-state index is 0.0903. The topological polar surface area (TPSA) is 103 Å². The number of carboxylic acid groups (broad SMARTS) is 1. The number of hydrogen-bond donors (Lipinski definition) is 2. The highest BCUT2D eigenvalue weighted by molar-refractivity contribution is 5.95. The average Bonchev–Trinajstić information content (AvgIpc) is 2.38. The molecule has 2 rings (SSSR count). The minimum Gasteiger partial charge on any atom is -0.481 e. The van der Waals surface area contributed by atoms with Gasteiger partial charge in [0, 0.05) is 6.20 Å². The summed E-state index contributed by atoms with van der Waals surface area (Å²) < 4.78 is 5.49. The van der Waals surface area contributed by atoms with Gasteiger partial charge in [0.2, 0.25) is 5.88 Å². The van der Waals surface area contributed by atoms with Crippen molar-refractivity contribution in [3.8, 4) is 11.6 Å². The van der Waals surface area contributed by atoms with Gasteiger partial charge < -0.3 is 15.6 Å². The van der Waals surface area contributed by atoms with Gasteiger partial charge in [-0.15, -0.1) is 0 Å². The van der Waals surface area contributed by atoms with Crippen LogP contribution >= 0.6 is 0 Å². The fraction of sp³-hybridized carbons (Fsp3) is 0.0714. The van der Waals surface area contributed by atoms with Crippen LogP contribution in [0.2, 0.25) is 0 Å². The molecular formula is C14H12N2O4. The first kappa shape index (κ1) is 13.5. The number of aliphatic carboxylic acids is 1. The molecule has 0 radical (unpaired) electrons. The normalized spacial score (nSPS) is 10.0. The largest absolute Gasteiger partial charge is 0.481 e. The SMILES string of the molecule is NC(=O)c1cccnc1Oc1cccc(CC(=O)O)c1. The Bertz CT molecular complexity index is 655. The van der Waals surface area contributed by atoms with Crippen LogP contribution in [0.3, 0.4) is 0 Å². The van der Waals surface area contributed by atoms with E-state index >= 15 is 0 Å². The Morgan fingerprint density at radius 1 is 1.25 bits per heavy atom. The maximum atomic E-state index is 11.2. The second-order valence-corrected chi connectivity index (χ2v) is 4.04. The summed E-state index contributed by atoms with van der Waals surface area (Å²) in [5.74, 6) is -1.09. The lowest BCUT2D eigenvalue weighted by molar-refractivity contribution is -0.136. The summed E-state index contributed by atoms with van der Waals surface area (Å²) in [4.78, 5) is 25.9. The second kappa shape index (κ2) is 5.83. The van der Waals surface area contributed by atoms with Crippen LogP contribution in [0.1, 0.15) is 15.9 Å². The maximum Gasteiger partial charge on any atom is 0.307 e. The van der Waals surface area contributed by atoms with E-state index < -0.39 is 11.9 Å². The number of carbonyl (C=O) groups is 2. The quantitative estimate of drug-likeness (QED) is 0.860. The molecule has 1 heterocycles. The summed E-state index contributed by atoms with van der Waals surface area (Å²) in [6.07, 6.45) is 1.37. The van der Waals surface area contributed by atoms with Crippen LogP contribution in [0.5, 0.6) is 11.6 Å². The van der Waals surface area contributed by atoms with Crippen molar-refractivity contribution in [2.45, 2.75) is 6.42 Å². The Balaban J connectivity index is 2.26. The van der Waals surface area contributed by atoms with Crippen LogP contribution in [-0.2, 0) is 11.2 Å². The molecule has 0 aliphatic heterocycles. The Kier molecular flexibility index (Phi) is 3.95. The van der Waals surface area contributed by atoms with Gasteiger partial charge in [-0.1, -0.05) is 12.1 Å². The predicted octanol–water partition coefficient (Wildman–Crippen LogP) is 1.60. The number of aromatic nitrogens is 1. The van der Waals surface area contributed by atoms with E-state index in [-0.39, 0.29) is 17.9 Å². The smallest absolute Gasteiger partial charge is 0.307 e. The van der Waals surface area contributed by atoms with Crippen molar-refractivity contribution in [2.24, 2.45) is 5.73 Å². The average molecular weight is 272 g/mol. The number of amides is 1. The second-order valence-electron chi connectivity index (χ2n) is 4.04. The molecule has 0 atom stereocenters. The van der Waals surface area contributed by atoms with Gasteiger partial charge >= 0.3 is 5.97 Å². The molecule has 0 saturated heterocycles. The Hall–Kier alpha value is -2.89. The van der Waals surface area contributed by atoms with Crippen molar-refractivity contribution < 1.29 is 19.4 Å². The number of carboxylic acids is 1. The van der Waals surface area contributed by atoms with Crippen LogP contribution in [0.15, 0.2) is 42.6 Å². The van der Waals surface area contributed by atoms with Crippen molar-refractivity contribution in [2.75, 3.05) is 0 Å². The number of nitrogens with zero attached hydrogens (tertiary/aromatic N) is 1. The van der Waals surface area contributed by atoms with E-state index in [1.807, 2.05) is 0 Å². The molecule has 3 N–H and O–H groups in total. The number of nitrogens with two attached hydrogens (primary N) is 1. The van der Waals surface area contributed by atoms with Gasteiger partial charge in [-0.05, 0) is 29.8 Å². The summed E-state index contributed by atoms with van der Waals surface area (Å²) in [5, 5.41) is 8.75. The highest BCUT2D eigenvalue weighted by Gasteiger charge is 2.11. The summed E-state index contributed by atoms with van der Waals surface area (Å²) in [6.45, 7) is 0. The lowest BCUT2D eigenvalue weighted by Gasteiger charge is -2.08. The molecule has 1 aromatic carbocycles. The van der Waals surface area contributed by atoms with Gasteiger partial charge in [-0.2, -0.15) is 0 Å². The standard InChI is InChI=1S/C14H12N2O4/c15-13(19)11-5-2-6-16-14(11)20-10-4-1-3-9(7-10)8-12(17)18/h1-7H,8H2,(H2,15,19)(H,17,18). The van der Waals surface area contributed by atoms with E-state index in [4.69, 9.17) is 15.6 Å². The number of primary amides is 1. The highest BCUT2D eigenvalue weighted by atomic mass is 16.5. The molecule has 0 aliphatic rings. The number of rotatable bonds is 5. The third kappa shape index (κ3) is 3.32. The minimum atomic E-state index is -0.933. The predicted molar refractivity (Wildman–Crippen MR) is 70.6 cm³/mol. The number of benzene rings is 1. The van der Waals surface area contributed by atoms with E-state index in [9.17, 15) is 9.59 Å². The zero-order chi connectivity index (χ0) is 14.5. The molecule has 6 nitrogen and oxygen atoms in total. The molecule has 20 heavy (non-hydrogen) atoms. The van der Waals surface area contributed by atoms with Gasteiger partial charge in [0.25, 0.3) is 5.91 Å². The van der Waals surface area contributed by atoms with Gasteiger partial charge in [0.05, 0.1) is 6.42 Å². The van der Waals surface area contributed by atoms with Crippen molar-refractivity contribution >= 4 is 11.9 Å². The number of hydrogen-bond acceptors (Lipinski definition) is 4. The van der Waals surface area contributed by atoms with Crippen molar-refractivity contribution in [1.29, 1.82) is 0 Å². The van der Waals surface area contributed by atoms with Gasteiger partial charge in [0.1, 0.15) is 11.3 Å². The molecule has 1 aromatic heterocycles. The van der Waals surface area contributed by atoms with Crippen LogP contribution < -0.4 is 10.5 Å². The highest BCUT2D eigenvalue weighted by Crippen LogP contribution is 2.23. The molecule has 2 aromatic rings. The number of ether oxygens (including phenoxy) is 1. The zero-order valence-corrected chi connectivity index (χ0v) is 10.4. The van der Waals surface area contributed by atoms with E-state index in [1.54, 1.807) is 30.3 Å². The Morgan fingerprint density at radius 3 is 2.75 bits per heavy atom. The molecule has 1 amide bonds. The molecule has 0 aliphatic carbocycles. The third-order valence-electron chi connectivity index (χ3n) is 2.50. The van der Waals surface area contributed by atoms with E-state index in [2.05, 4.69) is 4.98 Å². The molecule has 0 unspecified atom stereocenters. The first-order valence-electron chi connectivity index (χ1n) is 5.79. The van der Waals surface area contributed by atoms with Gasteiger partial charge in [0.15, 0.2) is 0 Å². The van der Waals surface area contributed by atoms with Crippen molar-refractivity contribution in [3.05, 3.63) is 53.7 Å². The first-order chi connectivity index (χ1) is 9.56. The summed E-state index contributed by atoms with van der Waals surface area (Å²) in [6, 6.07) is 9.65. The monoisotopic (exact) mass is 272 g/mol. The summed E-state index contributed by atoms with van der Waals surface area (Å²) >= 11 is 0. The summed E-state index contributed by atoms with van der Waals surface area (Å²) in [7, 11) is 0. The number of pyridine rings is 1. The van der Waals surface area contributed by atoms with E-state index in [0.717, 1.165) is 0 Å². The van der Waals surface area contributed by atoms with Crippen LogP contribution in [0, 0.1) is 0 Å². The van der Waals surface area contributed by atoms with Crippen molar-refractivity contribution in [3.63, 3.8) is 0 Å². The summed E-state index contributed by atoms with van der Waals surface area (Å²) in [5.41, 5.74) is 5.98. The molecule has 0 saturated carbocycles. The Morgan fingerprint density at radius 2 is 2.05 bits per heavy atom. The van der Waals surface area contributed by atoms with Crippen LogP contribution in [0.4, 0.5) is 0 Å². The molecule has 0 spiro atoms. The molecule has 0 fully saturated rings. The fourth-order valence-corrected chi connectivity index (χ4v) is 1.66. The van der Waals surface area contributed by atoms with Crippen molar-refractivity contribution in [1.82, 2.24) is 4.98 Å². The van der Waals surface area contributed by atoms with Gasteiger partial charge in [-0.3, -0.25) is 9.59 Å². The first-order valence-corrected chi connectivity index (χ1v) is 5.79. The van der Waals surface area contributed by atoms with E-state index in [0.29, 0.717) is 11.3 Å². The van der Waals surface area contributed by atoms with Gasteiger partial charge in [-0.25, -0.2) is 4.98 Å². The third-order valence-corrected chi connectivity index (χ3v) is 2.50.